The molecule has 98 valence electrons. The average molecular weight is 342 g/mol. The molecule has 1 saturated heterocycles. The summed E-state index contributed by atoms with van der Waals surface area (Å²) >= 11 is 9.58. The summed E-state index contributed by atoms with van der Waals surface area (Å²) in [6.07, 6.45) is 0. The summed E-state index contributed by atoms with van der Waals surface area (Å²) in [5.41, 5.74) is 1.89. The summed E-state index contributed by atoms with van der Waals surface area (Å²) in [5, 5.41) is 1.25. The summed E-state index contributed by atoms with van der Waals surface area (Å²) in [7, 11) is 0. The number of halogens is 3. The van der Waals surface area contributed by atoms with Gasteiger partial charge in [-0.15, -0.1) is 0 Å². The topological polar surface area (TPSA) is 12.5 Å². The maximum absolute atomic E-state index is 14.0. The van der Waals surface area contributed by atoms with Gasteiger partial charge < -0.3 is 4.74 Å². The number of rotatable bonds is 3. The van der Waals surface area contributed by atoms with E-state index in [9.17, 15) is 4.39 Å². The zero-order valence-electron chi connectivity index (χ0n) is 10.00. The van der Waals surface area contributed by atoms with E-state index in [0.717, 1.165) is 5.56 Å². The Morgan fingerprint density at radius 1 is 1.21 bits per heavy atom. The normalized spacial score (nSPS) is 21.4. The molecule has 0 spiro atoms. The van der Waals surface area contributed by atoms with E-state index in [-0.39, 0.29) is 11.4 Å². The molecule has 1 heterocycles. The molecule has 1 aliphatic rings. The van der Waals surface area contributed by atoms with Crippen molar-refractivity contribution in [2.45, 2.75) is 5.60 Å². The minimum Gasteiger partial charge on any atom is -0.364 e. The van der Waals surface area contributed by atoms with Gasteiger partial charge in [-0.2, -0.15) is 0 Å². The molecule has 0 saturated carbocycles. The zero-order chi connectivity index (χ0) is 13.5. The lowest BCUT2D eigenvalue weighted by Gasteiger charge is -2.12. The largest absolute Gasteiger partial charge is 0.364 e. The van der Waals surface area contributed by atoms with Crippen LogP contribution in [0, 0.1) is 5.82 Å². The van der Waals surface area contributed by atoms with Crippen molar-refractivity contribution in [3.63, 3.8) is 0 Å². The molecular weight excluding hydrogens is 331 g/mol. The van der Waals surface area contributed by atoms with Crippen LogP contribution in [0.5, 0.6) is 0 Å². The van der Waals surface area contributed by atoms with Crippen LogP contribution in [0.1, 0.15) is 5.56 Å². The number of hydrogen-bond acceptors (Lipinski definition) is 1. The summed E-state index contributed by atoms with van der Waals surface area (Å²) < 4.78 is 19.5. The molecule has 2 aromatic rings. The van der Waals surface area contributed by atoms with E-state index < -0.39 is 0 Å². The fourth-order valence-electron chi connectivity index (χ4n) is 2.10. The molecule has 1 atom stereocenters. The third-order valence-electron chi connectivity index (χ3n) is 3.37. The third-order valence-corrected chi connectivity index (χ3v) is 4.60. The van der Waals surface area contributed by atoms with E-state index in [1.807, 2.05) is 24.3 Å². The van der Waals surface area contributed by atoms with E-state index in [2.05, 4.69) is 15.9 Å². The van der Waals surface area contributed by atoms with Gasteiger partial charge >= 0.3 is 0 Å². The van der Waals surface area contributed by atoms with Crippen LogP contribution in [0.3, 0.4) is 0 Å². The minimum atomic E-state index is -0.302. The van der Waals surface area contributed by atoms with Crippen molar-refractivity contribution in [1.29, 1.82) is 0 Å². The lowest BCUT2D eigenvalue weighted by Crippen LogP contribution is -2.10. The van der Waals surface area contributed by atoms with Gasteiger partial charge in [-0.05, 0) is 23.8 Å². The highest BCUT2D eigenvalue weighted by Crippen LogP contribution is 2.42. The van der Waals surface area contributed by atoms with Crippen molar-refractivity contribution in [3.8, 4) is 11.1 Å². The second kappa shape index (κ2) is 4.89. The average Bonchev–Trinajstić information content (AvgIpc) is 3.21. The van der Waals surface area contributed by atoms with Crippen molar-refractivity contribution < 1.29 is 9.13 Å². The van der Waals surface area contributed by atoms with Crippen LogP contribution in [0.25, 0.3) is 11.1 Å². The molecule has 1 nitrogen and oxygen atoms in total. The second-order valence-electron chi connectivity index (χ2n) is 4.59. The molecule has 19 heavy (non-hydrogen) atoms. The Labute approximate surface area is 124 Å². The highest BCUT2D eigenvalue weighted by Gasteiger charge is 2.45. The highest BCUT2D eigenvalue weighted by molar-refractivity contribution is 9.09. The van der Waals surface area contributed by atoms with Crippen molar-refractivity contribution in [2.24, 2.45) is 0 Å². The summed E-state index contributed by atoms with van der Waals surface area (Å²) in [6, 6.07) is 12.3. The first-order valence-corrected chi connectivity index (χ1v) is 7.41. The molecule has 3 rings (SSSR count). The van der Waals surface area contributed by atoms with Crippen LogP contribution in [0.15, 0.2) is 42.5 Å². The Hall–Kier alpha value is -0.900. The molecule has 0 aliphatic carbocycles. The monoisotopic (exact) mass is 340 g/mol. The van der Waals surface area contributed by atoms with Crippen molar-refractivity contribution in [3.05, 3.63) is 58.9 Å². The molecule has 0 N–H and O–H groups in total. The fourth-order valence-corrected chi connectivity index (χ4v) is 2.99. The molecule has 0 aromatic heterocycles. The summed E-state index contributed by atoms with van der Waals surface area (Å²) in [4.78, 5) is 0. The summed E-state index contributed by atoms with van der Waals surface area (Å²) in [6.45, 7) is 0.659. The van der Waals surface area contributed by atoms with Crippen LogP contribution in [-0.2, 0) is 10.3 Å². The molecule has 0 radical (unpaired) electrons. The van der Waals surface area contributed by atoms with Crippen molar-refractivity contribution in [2.75, 3.05) is 11.9 Å². The minimum absolute atomic E-state index is 0.276. The predicted molar refractivity (Wildman–Crippen MR) is 78.3 cm³/mol. The van der Waals surface area contributed by atoms with Crippen molar-refractivity contribution >= 4 is 27.5 Å². The third kappa shape index (κ3) is 2.31. The number of alkyl halides is 1. The van der Waals surface area contributed by atoms with Crippen LogP contribution in [-0.4, -0.2) is 11.9 Å². The van der Waals surface area contributed by atoms with Gasteiger partial charge in [-0.3, -0.25) is 0 Å². The van der Waals surface area contributed by atoms with Gasteiger partial charge in [0.15, 0.2) is 0 Å². The van der Waals surface area contributed by atoms with Gasteiger partial charge in [0.25, 0.3) is 0 Å². The zero-order valence-corrected chi connectivity index (χ0v) is 12.3. The maximum Gasteiger partial charge on any atom is 0.131 e. The van der Waals surface area contributed by atoms with E-state index in [0.29, 0.717) is 28.1 Å². The van der Waals surface area contributed by atoms with Gasteiger partial charge in [0.05, 0.1) is 6.61 Å². The highest BCUT2D eigenvalue weighted by atomic mass is 79.9. The molecule has 0 bridgehead atoms. The molecular formula is C15H11BrClFO. The van der Waals surface area contributed by atoms with E-state index in [4.69, 9.17) is 16.3 Å². The van der Waals surface area contributed by atoms with E-state index in [1.165, 1.54) is 6.07 Å². The Kier molecular flexibility index (Phi) is 3.37. The maximum atomic E-state index is 14.0. The Morgan fingerprint density at radius 2 is 1.95 bits per heavy atom. The Balaban J connectivity index is 2.12. The van der Waals surface area contributed by atoms with Crippen LogP contribution in [0.2, 0.25) is 5.02 Å². The Bertz CT molecular complexity index is 625. The number of epoxide rings is 1. The quantitative estimate of drug-likeness (QED) is 0.579. The fraction of sp³-hybridized carbons (Fsp3) is 0.200. The molecule has 1 aliphatic heterocycles. The SMILES string of the molecule is Fc1ccc(C2(CBr)CO2)cc1-c1ccccc1Cl. The molecule has 0 amide bonds. The molecule has 1 unspecified atom stereocenters. The molecule has 1 fully saturated rings. The first kappa shape index (κ1) is 13.1. The molecule has 4 heteroatoms. The van der Waals surface area contributed by atoms with Crippen LogP contribution in [0.4, 0.5) is 4.39 Å². The van der Waals surface area contributed by atoms with E-state index in [1.54, 1.807) is 12.1 Å². The van der Waals surface area contributed by atoms with Gasteiger partial charge in [0.1, 0.15) is 11.4 Å². The first-order chi connectivity index (χ1) is 9.16. The molecule has 2 aromatic carbocycles. The van der Waals surface area contributed by atoms with Crippen molar-refractivity contribution in [1.82, 2.24) is 0 Å². The van der Waals surface area contributed by atoms with E-state index >= 15 is 0 Å². The lowest BCUT2D eigenvalue weighted by molar-refractivity contribution is 0.335. The van der Waals surface area contributed by atoms with Gasteiger partial charge in [-0.1, -0.05) is 51.8 Å². The van der Waals surface area contributed by atoms with Crippen LogP contribution < -0.4 is 0 Å². The lowest BCUT2D eigenvalue weighted by atomic mass is 9.96. The first-order valence-electron chi connectivity index (χ1n) is 5.91. The predicted octanol–water partition coefficient (Wildman–Crippen LogP) is 4.77. The Morgan fingerprint density at radius 3 is 2.58 bits per heavy atom. The number of ether oxygens (including phenoxy) is 1. The van der Waals surface area contributed by atoms with Crippen LogP contribution >= 0.6 is 27.5 Å². The standard InChI is InChI=1S/C15H11BrClFO/c16-8-15(9-19-15)10-5-6-14(18)12(7-10)11-3-1-2-4-13(11)17/h1-7H,8-9H2. The van der Waals surface area contributed by atoms with Gasteiger partial charge in [-0.25, -0.2) is 4.39 Å². The smallest absolute Gasteiger partial charge is 0.131 e. The summed E-state index contributed by atoms with van der Waals surface area (Å²) in [5.74, 6) is -0.276. The number of benzene rings is 2. The van der Waals surface area contributed by atoms with Gasteiger partial charge in [0.2, 0.25) is 0 Å². The van der Waals surface area contributed by atoms with Gasteiger partial charge in [0, 0.05) is 21.5 Å². The second-order valence-corrected chi connectivity index (χ2v) is 5.56. The number of hydrogen-bond donors (Lipinski definition) is 0.